The van der Waals surface area contributed by atoms with Gasteiger partial charge in [-0.05, 0) is 23.3 Å². The number of hydrogen-bond donors (Lipinski definition) is 3. The average Bonchev–Trinajstić information content (AvgIpc) is 3.84. The monoisotopic (exact) mass is 648 g/mol. The van der Waals surface area contributed by atoms with Crippen LogP contribution in [-0.2, 0) is 35.5 Å². The zero-order valence-corrected chi connectivity index (χ0v) is 26.0. The molecule has 2 amide bonds. The maximum absolute atomic E-state index is 13.0. The number of carbonyl (C=O) groups is 3. The van der Waals surface area contributed by atoms with Gasteiger partial charge < -0.3 is 33.4 Å². The van der Waals surface area contributed by atoms with Crippen LogP contribution in [-0.4, -0.2) is 63.7 Å². The van der Waals surface area contributed by atoms with E-state index >= 15 is 0 Å². The molecule has 0 aliphatic heterocycles. The summed E-state index contributed by atoms with van der Waals surface area (Å²) >= 11 is 0. The Labute approximate surface area is 266 Å². The summed E-state index contributed by atoms with van der Waals surface area (Å²) in [6.45, 7) is 6.66. The average molecular weight is 649 g/mol. The summed E-state index contributed by atoms with van der Waals surface area (Å²) in [5.41, 5.74) is 1.04. The normalized spacial score (nSPS) is 12.5. The molecule has 0 saturated carbocycles. The van der Waals surface area contributed by atoms with E-state index in [1.165, 1.54) is 12.1 Å². The highest BCUT2D eigenvalue weighted by atomic mass is 16.4. The van der Waals surface area contributed by atoms with Gasteiger partial charge in [0.25, 0.3) is 0 Å². The van der Waals surface area contributed by atoms with Gasteiger partial charge in [0.05, 0.1) is 17.4 Å². The van der Waals surface area contributed by atoms with E-state index in [2.05, 4.69) is 51.4 Å². The van der Waals surface area contributed by atoms with Crippen LogP contribution < -0.4 is 10.6 Å². The van der Waals surface area contributed by atoms with Crippen LogP contribution in [0.2, 0.25) is 0 Å². The number of carboxylic acids is 1. The fourth-order valence-electron chi connectivity index (χ4n) is 4.79. The summed E-state index contributed by atoms with van der Waals surface area (Å²) in [5.74, 6) is -0.314. The standard InChI is InChI=1S/C29H32N10O8/c1-14-32-36-25(44-14)10-20(27-38-34-16(3)46-27)8-23(40)30-12-18-5-19(7-22(6-18)29(42)43)13-31-24(41)9-21(28-39-35-17(4)47-28)11-26-37-33-15(2)45-26/h5-7,20-21H,8-13H2,1-4H3,(H,30,40)(H,31,41)(H,42,43). The molecule has 1 aromatic carbocycles. The van der Waals surface area contributed by atoms with Gasteiger partial charge >= 0.3 is 5.97 Å². The number of aromatic carboxylic acids is 1. The van der Waals surface area contributed by atoms with E-state index < -0.39 is 17.8 Å². The van der Waals surface area contributed by atoms with Gasteiger partial charge in [-0.25, -0.2) is 4.79 Å². The Hall–Kier alpha value is -5.81. The molecule has 5 aromatic rings. The third kappa shape index (κ3) is 9.12. The predicted octanol–water partition coefficient (Wildman–Crippen LogP) is 2.22. The van der Waals surface area contributed by atoms with E-state index in [0.717, 1.165) is 0 Å². The third-order valence-corrected chi connectivity index (χ3v) is 6.90. The summed E-state index contributed by atoms with van der Waals surface area (Å²) < 4.78 is 22.0. The van der Waals surface area contributed by atoms with Crippen molar-refractivity contribution in [2.75, 3.05) is 0 Å². The summed E-state index contributed by atoms with van der Waals surface area (Å²) in [4.78, 5) is 37.9. The minimum atomic E-state index is -1.16. The highest BCUT2D eigenvalue weighted by molar-refractivity contribution is 5.88. The second-order valence-electron chi connectivity index (χ2n) is 10.9. The number of nitrogens with zero attached hydrogens (tertiary/aromatic N) is 8. The highest BCUT2D eigenvalue weighted by Gasteiger charge is 2.26. The van der Waals surface area contributed by atoms with E-state index in [-0.39, 0.29) is 67.9 Å². The van der Waals surface area contributed by atoms with Gasteiger partial charge in [0, 0.05) is 66.5 Å². The molecule has 4 heterocycles. The number of aryl methyl sites for hydroxylation is 4. The van der Waals surface area contributed by atoms with Crippen LogP contribution >= 0.6 is 0 Å². The van der Waals surface area contributed by atoms with Crippen molar-refractivity contribution in [1.82, 2.24) is 51.4 Å². The molecule has 0 radical (unpaired) electrons. The first-order valence-electron chi connectivity index (χ1n) is 14.6. The smallest absolute Gasteiger partial charge is 0.335 e. The van der Waals surface area contributed by atoms with Gasteiger partial charge in [0.2, 0.25) is 58.9 Å². The molecule has 246 valence electrons. The second-order valence-corrected chi connectivity index (χ2v) is 10.9. The summed E-state index contributed by atoms with van der Waals surface area (Å²) in [5, 5.41) is 46.7. The van der Waals surface area contributed by atoms with Crippen molar-refractivity contribution in [2.24, 2.45) is 0 Å². The quantitative estimate of drug-likeness (QED) is 0.147. The molecule has 5 rings (SSSR count). The van der Waals surface area contributed by atoms with Crippen LogP contribution in [0.5, 0.6) is 0 Å². The number of carbonyl (C=O) groups excluding carboxylic acids is 2. The Morgan fingerprint density at radius 2 is 1.02 bits per heavy atom. The summed E-state index contributed by atoms with van der Waals surface area (Å²) in [7, 11) is 0. The maximum atomic E-state index is 13.0. The van der Waals surface area contributed by atoms with E-state index in [0.29, 0.717) is 46.5 Å². The van der Waals surface area contributed by atoms with E-state index in [9.17, 15) is 19.5 Å². The van der Waals surface area contributed by atoms with Gasteiger partial charge in [0.15, 0.2) is 0 Å². The van der Waals surface area contributed by atoms with Gasteiger partial charge in [-0.3, -0.25) is 9.59 Å². The van der Waals surface area contributed by atoms with E-state index in [4.69, 9.17) is 17.7 Å². The van der Waals surface area contributed by atoms with Crippen molar-refractivity contribution in [2.45, 2.75) is 78.3 Å². The van der Waals surface area contributed by atoms with Gasteiger partial charge in [-0.2, -0.15) is 0 Å². The molecule has 18 heteroatoms. The van der Waals surface area contributed by atoms with Crippen LogP contribution in [0.25, 0.3) is 0 Å². The minimum Gasteiger partial charge on any atom is -0.478 e. The zero-order valence-electron chi connectivity index (χ0n) is 26.0. The molecular weight excluding hydrogens is 616 g/mol. The maximum Gasteiger partial charge on any atom is 0.335 e. The molecule has 0 aliphatic carbocycles. The lowest BCUT2D eigenvalue weighted by Gasteiger charge is -2.14. The number of aromatic nitrogens is 8. The zero-order chi connectivity index (χ0) is 33.5. The molecule has 2 atom stereocenters. The van der Waals surface area contributed by atoms with Gasteiger partial charge in [0.1, 0.15) is 0 Å². The molecule has 2 unspecified atom stereocenters. The Morgan fingerprint density at radius 3 is 1.36 bits per heavy atom. The molecular formula is C29H32N10O8. The first-order chi connectivity index (χ1) is 22.5. The number of benzene rings is 1. The van der Waals surface area contributed by atoms with Crippen LogP contribution in [0.4, 0.5) is 0 Å². The molecule has 18 nitrogen and oxygen atoms in total. The second kappa shape index (κ2) is 14.5. The molecule has 0 saturated heterocycles. The fraction of sp³-hybridized carbons (Fsp3) is 0.414. The Bertz CT molecular complexity index is 1740. The molecule has 47 heavy (non-hydrogen) atoms. The van der Waals surface area contributed by atoms with Crippen LogP contribution in [0.1, 0.15) is 93.3 Å². The molecule has 0 spiro atoms. The minimum absolute atomic E-state index is 0.00190. The third-order valence-electron chi connectivity index (χ3n) is 6.90. The number of rotatable bonds is 15. The molecule has 0 fully saturated rings. The fourth-order valence-corrected chi connectivity index (χ4v) is 4.79. The van der Waals surface area contributed by atoms with Crippen molar-refractivity contribution < 1.29 is 37.2 Å². The Balaban J connectivity index is 1.21. The molecule has 0 bridgehead atoms. The van der Waals surface area contributed by atoms with Gasteiger partial charge in [-0.15, -0.1) is 40.8 Å². The largest absolute Gasteiger partial charge is 0.478 e. The lowest BCUT2D eigenvalue weighted by molar-refractivity contribution is -0.122. The van der Waals surface area contributed by atoms with E-state index in [1.807, 2.05) is 0 Å². The Morgan fingerprint density at radius 1 is 0.617 bits per heavy atom. The summed E-state index contributed by atoms with van der Waals surface area (Å²) in [6, 6.07) is 4.61. The lowest BCUT2D eigenvalue weighted by Crippen LogP contribution is -2.27. The van der Waals surface area contributed by atoms with Crippen LogP contribution in [0, 0.1) is 27.7 Å². The lowest BCUT2D eigenvalue weighted by atomic mass is 10.00. The van der Waals surface area contributed by atoms with Gasteiger partial charge in [-0.1, -0.05) is 6.07 Å². The molecule has 4 aromatic heterocycles. The van der Waals surface area contributed by atoms with Crippen LogP contribution in [0.3, 0.4) is 0 Å². The first kappa shape index (κ1) is 32.6. The van der Waals surface area contributed by atoms with Crippen molar-refractivity contribution in [1.29, 1.82) is 0 Å². The number of hydrogen-bond acceptors (Lipinski definition) is 15. The SMILES string of the molecule is Cc1nnc(CC(CC(=O)NCc2cc(CNC(=O)CC(Cc3nnc(C)o3)c3nnc(C)o3)cc(C(=O)O)c2)c2nnc(C)o2)o1. The van der Waals surface area contributed by atoms with Crippen molar-refractivity contribution in [3.63, 3.8) is 0 Å². The first-order valence-corrected chi connectivity index (χ1v) is 14.6. The number of nitrogens with one attached hydrogen (secondary N) is 2. The van der Waals surface area contributed by atoms with Crippen molar-refractivity contribution in [3.8, 4) is 0 Å². The summed E-state index contributed by atoms with van der Waals surface area (Å²) in [6.07, 6.45) is 0.342. The molecule has 3 N–H and O–H groups in total. The predicted molar refractivity (Wildman–Crippen MR) is 155 cm³/mol. The molecule has 0 aliphatic rings. The number of carboxylic acid groups (broad SMARTS) is 1. The van der Waals surface area contributed by atoms with Crippen molar-refractivity contribution in [3.05, 3.63) is 82.0 Å². The number of amides is 2. The topological polar surface area (TPSA) is 251 Å². The van der Waals surface area contributed by atoms with Crippen LogP contribution in [0.15, 0.2) is 35.9 Å². The Kier molecular flexibility index (Phi) is 10.1. The van der Waals surface area contributed by atoms with Crippen molar-refractivity contribution >= 4 is 17.8 Å². The van der Waals surface area contributed by atoms with E-state index in [1.54, 1.807) is 33.8 Å². The highest BCUT2D eigenvalue weighted by Crippen LogP contribution is 2.25.